The summed E-state index contributed by atoms with van der Waals surface area (Å²) in [5, 5.41) is 0. The molecule has 5 heteroatoms. The average Bonchev–Trinajstić information content (AvgIpc) is 2.92. The van der Waals surface area contributed by atoms with Gasteiger partial charge in [-0.2, -0.15) is 0 Å². The molecule has 0 bridgehead atoms. The topological polar surface area (TPSA) is 63.7 Å². The van der Waals surface area contributed by atoms with Crippen LogP contribution in [0.2, 0.25) is 0 Å². The molecule has 1 unspecified atom stereocenters. The van der Waals surface area contributed by atoms with Gasteiger partial charge in [0.1, 0.15) is 0 Å². The molecule has 0 aliphatic carbocycles. The number of hydrogen-bond donors (Lipinski definition) is 0. The third-order valence-electron chi connectivity index (χ3n) is 3.50. The second-order valence-electron chi connectivity index (χ2n) is 4.94. The first-order valence-corrected chi connectivity index (χ1v) is 7.01. The number of nitrogens with zero attached hydrogens (tertiary/aromatic N) is 1. The number of hydrogen-bond acceptors (Lipinski definition) is 4. The normalized spacial score (nSPS) is 16.0. The molecule has 0 saturated carbocycles. The van der Waals surface area contributed by atoms with Crippen LogP contribution in [0.25, 0.3) is 6.08 Å². The van der Waals surface area contributed by atoms with Crippen molar-refractivity contribution in [3.8, 4) is 0 Å². The summed E-state index contributed by atoms with van der Waals surface area (Å²) in [6.45, 7) is 0. The Kier molecular flexibility index (Phi) is 4.01. The summed E-state index contributed by atoms with van der Waals surface area (Å²) in [4.78, 5) is 36.3. The quantitative estimate of drug-likeness (QED) is 0.495. The van der Waals surface area contributed by atoms with Gasteiger partial charge in [-0.15, -0.1) is 0 Å². The average molecular weight is 307 g/mol. The van der Waals surface area contributed by atoms with Crippen LogP contribution in [0.5, 0.6) is 0 Å². The molecule has 2 aromatic rings. The molecule has 0 saturated heterocycles. The summed E-state index contributed by atoms with van der Waals surface area (Å²) >= 11 is 0. The van der Waals surface area contributed by atoms with Crippen molar-refractivity contribution in [1.82, 2.24) is 4.90 Å². The number of ether oxygens (including phenoxy) is 1. The van der Waals surface area contributed by atoms with Crippen molar-refractivity contribution in [3.63, 3.8) is 0 Å². The van der Waals surface area contributed by atoms with Gasteiger partial charge in [-0.3, -0.25) is 9.59 Å². The first kappa shape index (κ1) is 14.7. The lowest BCUT2D eigenvalue weighted by molar-refractivity contribution is -0.144. The molecule has 23 heavy (non-hydrogen) atoms. The number of rotatable bonds is 4. The Morgan fingerprint density at radius 2 is 1.74 bits per heavy atom. The summed E-state index contributed by atoms with van der Waals surface area (Å²) in [7, 11) is 0. The van der Waals surface area contributed by atoms with Crippen molar-refractivity contribution in [2.24, 2.45) is 0 Å². The van der Waals surface area contributed by atoms with Crippen molar-refractivity contribution >= 4 is 24.4 Å². The number of benzene rings is 2. The number of amides is 2. The predicted molar refractivity (Wildman–Crippen MR) is 83.0 cm³/mol. The molecule has 0 radical (unpaired) electrons. The van der Waals surface area contributed by atoms with Gasteiger partial charge in [-0.25, -0.2) is 9.69 Å². The first-order valence-electron chi connectivity index (χ1n) is 7.01. The van der Waals surface area contributed by atoms with Crippen LogP contribution >= 0.6 is 0 Å². The number of carbonyl (C=O) groups excluding carboxylic acids is 3. The van der Waals surface area contributed by atoms with Crippen LogP contribution in [0.3, 0.4) is 0 Å². The van der Waals surface area contributed by atoms with Crippen LogP contribution in [0, 0.1) is 0 Å². The standard InChI is InChI=1S/C18H13NO4/c20-12-19(16(21)11-10-13-6-2-1-3-7-13)17-14-8-4-5-9-15(14)18(22)23-17/h1-12,17H/b11-10+. The van der Waals surface area contributed by atoms with E-state index in [-0.39, 0.29) is 0 Å². The zero-order chi connectivity index (χ0) is 16.2. The maximum atomic E-state index is 12.3. The minimum atomic E-state index is -1.02. The number of cyclic esters (lactones) is 1. The summed E-state index contributed by atoms with van der Waals surface area (Å²) in [6.07, 6.45) is 2.22. The van der Waals surface area contributed by atoms with Crippen molar-refractivity contribution in [1.29, 1.82) is 0 Å². The van der Waals surface area contributed by atoms with Gasteiger partial charge in [0, 0.05) is 11.6 Å². The maximum absolute atomic E-state index is 12.3. The molecule has 1 aliphatic heterocycles. The number of esters is 1. The summed E-state index contributed by atoms with van der Waals surface area (Å²) < 4.78 is 5.16. The molecule has 3 rings (SSSR count). The Morgan fingerprint density at radius 3 is 2.48 bits per heavy atom. The van der Waals surface area contributed by atoms with Crippen molar-refractivity contribution < 1.29 is 19.1 Å². The van der Waals surface area contributed by atoms with E-state index >= 15 is 0 Å². The van der Waals surface area contributed by atoms with Crippen LogP contribution in [-0.4, -0.2) is 23.2 Å². The Labute approximate surface area is 132 Å². The second-order valence-corrected chi connectivity index (χ2v) is 4.94. The predicted octanol–water partition coefficient (Wildman–Crippen LogP) is 2.55. The zero-order valence-corrected chi connectivity index (χ0v) is 12.1. The van der Waals surface area contributed by atoms with Gasteiger partial charge in [0.2, 0.25) is 12.6 Å². The summed E-state index contributed by atoms with van der Waals surface area (Å²) in [5.74, 6) is -1.10. The third kappa shape index (κ3) is 2.89. The van der Waals surface area contributed by atoms with E-state index in [4.69, 9.17) is 4.74 Å². The SMILES string of the molecule is O=CN(C(=O)/C=C/c1ccccc1)C1OC(=O)c2ccccc21. The molecule has 0 N–H and O–H groups in total. The molecular formula is C18H13NO4. The van der Waals surface area contributed by atoms with Crippen molar-refractivity contribution in [2.75, 3.05) is 0 Å². The molecular weight excluding hydrogens is 294 g/mol. The van der Waals surface area contributed by atoms with E-state index in [0.717, 1.165) is 10.5 Å². The monoisotopic (exact) mass is 307 g/mol. The molecule has 1 atom stereocenters. The summed E-state index contributed by atoms with van der Waals surface area (Å²) in [6, 6.07) is 15.9. The lowest BCUT2D eigenvalue weighted by Crippen LogP contribution is -2.32. The van der Waals surface area contributed by atoms with Gasteiger partial charge in [0.05, 0.1) is 5.56 Å². The lowest BCUT2D eigenvalue weighted by Gasteiger charge is -2.20. The highest BCUT2D eigenvalue weighted by Gasteiger charge is 2.36. The first-order chi connectivity index (χ1) is 11.2. The van der Waals surface area contributed by atoms with E-state index < -0.39 is 18.1 Å². The largest absolute Gasteiger partial charge is 0.433 e. The molecule has 1 heterocycles. The minimum absolute atomic E-state index is 0.365. The fourth-order valence-electron chi connectivity index (χ4n) is 2.37. The van der Waals surface area contributed by atoms with E-state index in [1.807, 2.05) is 30.3 Å². The fraction of sp³-hybridized carbons (Fsp3) is 0.0556. The molecule has 2 amide bonds. The number of carbonyl (C=O) groups is 3. The van der Waals surface area contributed by atoms with Gasteiger partial charge < -0.3 is 4.74 Å². The molecule has 0 spiro atoms. The van der Waals surface area contributed by atoms with E-state index in [1.54, 1.807) is 30.3 Å². The molecule has 2 aromatic carbocycles. The highest BCUT2D eigenvalue weighted by Crippen LogP contribution is 2.32. The van der Waals surface area contributed by atoms with E-state index in [0.29, 0.717) is 17.5 Å². The maximum Gasteiger partial charge on any atom is 0.340 e. The molecule has 5 nitrogen and oxygen atoms in total. The van der Waals surface area contributed by atoms with Crippen LogP contribution in [0.1, 0.15) is 27.7 Å². The van der Waals surface area contributed by atoms with E-state index in [9.17, 15) is 14.4 Å². The van der Waals surface area contributed by atoms with Crippen LogP contribution < -0.4 is 0 Å². The zero-order valence-electron chi connectivity index (χ0n) is 12.1. The van der Waals surface area contributed by atoms with Crippen molar-refractivity contribution in [2.45, 2.75) is 6.23 Å². The highest BCUT2D eigenvalue weighted by atomic mass is 16.6. The number of imide groups is 1. The lowest BCUT2D eigenvalue weighted by atomic mass is 10.1. The highest BCUT2D eigenvalue weighted by molar-refractivity contribution is 6.00. The minimum Gasteiger partial charge on any atom is -0.433 e. The Morgan fingerprint density at radius 1 is 1.04 bits per heavy atom. The van der Waals surface area contributed by atoms with Crippen LogP contribution in [-0.2, 0) is 14.3 Å². The van der Waals surface area contributed by atoms with E-state index in [1.165, 1.54) is 6.08 Å². The Bertz CT molecular complexity index is 783. The number of fused-ring (bicyclic) bond motifs is 1. The second kappa shape index (κ2) is 6.27. The van der Waals surface area contributed by atoms with Gasteiger partial charge in [-0.05, 0) is 17.7 Å². The Balaban J connectivity index is 1.83. The molecule has 0 aromatic heterocycles. The summed E-state index contributed by atoms with van der Waals surface area (Å²) in [5.41, 5.74) is 1.70. The molecule has 114 valence electrons. The Hall–Kier alpha value is -3.21. The fourth-order valence-corrected chi connectivity index (χ4v) is 2.37. The van der Waals surface area contributed by atoms with Gasteiger partial charge in [-0.1, -0.05) is 48.5 Å². The van der Waals surface area contributed by atoms with Gasteiger partial charge in [0.25, 0.3) is 5.91 Å². The van der Waals surface area contributed by atoms with Crippen LogP contribution in [0.15, 0.2) is 60.7 Å². The van der Waals surface area contributed by atoms with E-state index in [2.05, 4.69) is 0 Å². The van der Waals surface area contributed by atoms with Gasteiger partial charge in [0.15, 0.2) is 0 Å². The van der Waals surface area contributed by atoms with Crippen LogP contribution in [0.4, 0.5) is 0 Å². The molecule has 1 aliphatic rings. The third-order valence-corrected chi connectivity index (χ3v) is 3.50. The smallest absolute Gasteiger partial charge is 0.340 e. The molecule has 0 fully saturated rings. The van der Waals surface area contributed by atoms with Crippen molar-refractivity contribution in [3.05, 3.63) is 77.4 Å². The van der Waals surface area contributed by atoms with Gasteiger partial charge >= 0.3 is 5.97 Å².